The lowest BCUT2D eigenvalue weighted by atomic mass is 9.93. The highest BCUT2D eigenvalue weighted by Gasteiger charge is 2.46. The van der Waals surface area contributed by atoms with Gasteiger partial charge in [-0.2, -0.15) is 9.97 Å². The summed E-state index contributed by atoms with van der Waals surface area (Å²) >= 11 is 0. The van der Waals surface area contributed by atoms with Crippen molar-refractivity contribution in [1.29, 1.82) is 0 Å². The number of halogens is 2. The summed E-state index contributed by atoms with van der Waals surface area (Å²) in [6.07, 6.45) is 10.0. The Morgan fingerprint density at radius 3 is 2.60 bits per heavy atom. The molecular weight excluding hydrogens is 598 g/mol. The lowest BCUT2D eigenvalue weighted by Gasteiger charge is -2.39. The first-order valence-corrected chi connectivity index (χ1v) is 16.7. The molecule has 2 N–H and O–H groups in total. The molecule has 4 aromatic rings. The van der Waals surface area contributed by atoms with Crippen molar-refractivity contribution in [2.75, 3.05) is 57.8 Å². The monoisotopic (exact) mass is 638 g/mol. The predicted molar refractivity (Wildman–Crippen MR) is 180 cm³/mol. The maximum atomic E-state index is 16.9. The van der Waals surface area contributed by atoms with E-state index in [1.165, 1.54) is 18.2 Å². The Bertz CT molecular complexity index is 1910. The minimum absolute atomic E-state index is 0.0142. The molecule has 2 bridgehead atoms. The van der Waals surface area contributed by atoms with E-state index in [2.05, 4.69) is 44.9 Å². The first kappa shape index (κ1) is 30.3. The van der Waals surface area contributed by atoms with E-state index in [9.17, 15) is 5.11 Å². The van der Waals surface area contributed by atoms with E-state index in [-0.39, 0.29) is 33.8 Å². The third-order valence-corrected chi connectivity index (χ3v) is 10.8. The van der Waals surface area contributed by atoms with Crippen LogP contribution in [0.2, 0.25) is 0 Å². The van der Waals surface area contributed by atoms with Gasteiger partial charge in [-0.3, -0.25) is 4.90 Å². The molecule has 0 amide bonds. The summed E-state index contributed by atoms with van der Waals surface area (Å²) in [4.78, 5) is 16.5. The van der Waals surface area contributed by atoms with E-state index >= 15 is 8.78 Å². The summed E-state index contributed by atoms with van der Waals surface area (Å²) in [5.41, 5.74) is 0.358. The summed E-state index contributed by atoms with van der Waals surface area (Å²) in [6.45, 7) is 8.08. The SMILES string of the molecule is C#Cc1cccc2cc(O)cc(-c3c(F)cc4c(N5CC6CCC(C5)N6)nc(OCC5(CN6CCN(C)[C@@H](C)C6)CC5)nc4c3F)c12. The molecule has 244 valence electrons. The highest BCUT2D eigenvalue weighted by molar-refractivity contribution is 6.04. The second-order valence-corrected chi connectivity index (χ2v) is 14.2. The number of phenolic OH excluding ortho intramolecular Hbond substituents is 1. The van der Waals surface area contributed by atoms with E-state index in [4.69, 9.17) is 16.1 Å². The van der Waals surface area contributed by atoms with Gasteiger partial charge in [0.15, 0.2) is 5.82 Å². The molecule has 0 spiro atoms. The standard InChI is InChI=1S/C37H40F2N6O2/c1-4-23-6-5-7-24-14-27(46)15-28(31(23)24)32-30(38)16-29-34(33(32)39)41-36(42-35(29)45-18-25-8-9-26(19-45)40-25)47-21-37(10-11-37)20-44-13-12-43(3)22(2)17-44/h1,5-7,14-16,22,25-26,40,46H,8-13,17-21H2,2-3H3/t22-,25?,26?/m0/s1. The van der Waals surface area contributed by atoms with Crippen LogP contribution in [0.1, 0.15) is 38.2 Å². The number of piperazine rings is 2. The molecule has 4 heterocycles. The van der Waals surface area contributed by atoms with Gasteiger partial charge < -0.3 is 25.0 Å². The number of ether oxygens (including phenoxy) is 1. The van der Waals surface area contributed by atoms with Crippen LogP contribution in [-0.2, 0) is 0 Å². The van der Waals surface area contributed by atoms with Crippen LogP contribution < -0.4 is 15.0 Å². The molecule has 3 saturated heterocycles. The van der Waals surface area contributed by atoms with Gasteiger partial charge in [-0.15, -0.1) is 6.42 Å². The van der Waals surface area contributed by atoms with Gasteiger partial charge in [-0.25, -0.2) is 8.78 Å². The van der Waals surface area contributed by atoms with Gasteiger partial charge in [0, 0.05) is 84.7 Å². The minimum Gasteiger partial charge on any atom is -0.508 e. The molecule has 10 heteroatoms. The lowest BCUT2D eigenvalue weighted by molar-refractivity contribution is 0.0753. The molecule has 1 aliphatic carbocycles. The fourth-order valence-corrected chi connectivity index (χ4v) is 7.90. The Morgan fingerprint density at radius 2 is 1.87 bits per heavy atom. The molecule has 47 heavy (non-hydrogen) atoms. The van der Waals surface area contributed by atoms with Crippen LogP contribution in [-0.4, -0.2) is 95.9 Å². The number of fused-ring (bicyclic) bond motifs is 4. The number of aromatic nitrogens is 2. The minimum atomic E-state index is -0.835. The molecule has 2 unspecified atom stereocenters. The van der Waals surface area contributed by atoms with Crippen molar-refractivity contribution < 1.29 is 18.6 Å². The smallest absolute Gasteiger partial charge is 0.319 e. The third kappa shape index (κ3) is 5.54. The molecule has 4 aliphatic rings. The van der Waals surface area contributed by atoms with Crippen LogP contribution in [0.25, 0.3) is 32.8 Å². The van der Waals surface area contributed by atoms with Gasteiger partial charge in [0.05, 0.1) is 12.2 Å². The van der Waals surface area contributed by atoms with Crippen molar-refractivity contribution in [1.82, 2.24) is 25.1 Å². The van der Waals surface area contributed by atoms with Crippen molar-refractivity contribution in [2.24, 2.45) is 5.41 Å². The summed E-state index contributed by atoms with van der Waals surface area (Å²) < 4.78 is 39.5. The van der Waals surface area contributed by atoms with Gasteiger partial charge in [0.25, 0.3) is 0 Å². The van der Waals surface area contributed by atoms with Gasteiger partial charge >= 0.3 is 6.01 Å². The number of benzene rings is 3. The zero-order valence-corrected chi connectivity index (χ0v) is 26.9. The molecule has 3 aromatic carbocycles. The van der Waals surface area contributed by atoms with Crippen LogP contribution in [0.5, 0.6) is 11.8 Å². The number of nitrogens with zero attached hydrogens (tertiary/aromatic N) is 5. The van der Waals surface area contributed by atoms with Gasteiger partial charge in [-0.1, -0.05) is 18.1 Å². The molecule has 0 radical (unpaired) electrons. The van der Waals surface area contributed by atoms with Crippen molar-refractivity contribution in [3.63, 3.8) is 0 Å². The highest BCUT2D eigenvalue weighted by Crippen LogP contribution is 2.47. The summed E-state index contributed by atoms with van der Waals surface area (Å²) in [5.74, 6) is 1.39. The fourth-order valence-electron chi connectivity index (χ4n) is 7.90. The molecule has 8 rings (SSSR count). The fraction of sp³-hybridized carbons (Fsp3) is 0.459. The zero-order chi connectivity index (χ0) is 32.4. The number of terminal acetylenes is 1. The van der Waals surface area contributed by atoms with Crippen LogP contribution in [0.4, 0.5) is 14.6 Å². The second kappa shape index (κ2) is 11.6. The van der Waals surface area contributed by atoms with Crippen molar-refractivity contribution >= 4 is 27.5 Å². The van der Waals surface area contributed by atoms with Gasteiger partial charge in [-0.05, 0) is 69.3 Å². The molecular formula is C37H40F2N6O2. The van der Waals surface area contributed by atoms with Crippen LogP contribution in [0, 0.1) is 29.4 Å². The first-order valence-electron chi connectivity index (χ1n) is 16.7. The maximum Gasteiger partial charge on any atom is 0.319 e. The molecule has 4 fully saturated rings. The number of phenols is 1. The number of anilines is 1. The number of hydrogen-bond acceptors (Lipinski definition) is 8. The van der Waals surface area contributed by atoms with Crippen LogP contribution in [0.3, 0.4) is 0 Å². The Hall–Kier alpha value is -4.04. The Morgan fingerprint density at radius 1 is 1.09 bits per heavy atom. The van der Waals surface area contributed by atoms with Crippen LogP contribution in [0.15, 0.2) is 36.4 Å². The molecule has 1 aromatic heterocycles. The summed E-state index contributed by atoms with van der Waals surface area (Å²) in [5, 5.41) is 15.6. The second-order valence-electron chi connectivity index (χ2n) is 14.2. The Balaban J connectivity index is 1.21. The highest BCUT2D eigenvalue weighted by atomic mass is 19.1. The first-order chi connectivity index (χ1) is 22.7. The number of hydrogen-bond donors (Lipinski definition) is 2. The van der Waals surface area contributed by atoms with Gasteiger partial charge in [0.1, 0.15) is 22.9 Å². The maximum absolute atomic E-state index is 16.9. The van der Waals surface area contributed by atoms with E-state index in [0.29, 0.717) is 65.4 Å². The van der Waals surface area contributed by atoms with E-state index in [0.717, 1.165) is 51.9 Å². The Kier molecular flexibility index (Phi) is 7.47. The number of aromatic hydroxyl groups is 1. The summed E-state index contributed by atoms with van der Waals surface area (Å²) in [7, 11) is 2.17. The van der Waals surface area contributed by atoms with Crippen molar-refractivity contribution in [3.8, 4) is 35.2 Å². The van der Waals surface area contributed by atoms with E-state index in [1.54, 1.807) is 18.2 Å². The van der Waals surface area contributed by atoms with Crippen molar-refractivity contribution in [2.45, 2.75) is 50.7 Å². The Labute approximate surface area is 273 Å². The molecule has 3 aliphatic heterocycles. The number of rotatable bonds is 7. The van der Waals surface area contributed by atoms with Gasteiger partial charge in [0.2, 0.25) is 0 Å². The molecule has 8 nitrogen and oxygen atoms in total. The number of likely N-dealkylation sites (N-methyl/N-ethyl adjacent to an activating group) is 1. The average Bonchev–Trinajstić information content (AvgIpc) is 3.74. The largest absolute Gasteiger partial charge is 0.508 e. The van der Waals surface area contributed by atoms with E-state index < -0.39 is 11.6 Å². The predicted octanol–water partition coefficient (Wildman–Crippen LogP) is 5.15. The average molecular weight is 639 g/mol. The summed E-state index contributed by atoms with van der Waals surface area (Å²) in [6, 6.07) is 10.6. The third-order valence-electron chi connectivity index (χ3n) is 10.8. The molecule has 3 atom stereocenters. The zero-order valence-electron chi connectivity index (χ0n) is 26.9. The lowest BCUT2D eigenvalue weighted by Crippen LogP contribution is -2.51. The van der Waals surface area contributed by atoms with E-state index in [1.807, 2.05) is 0 Å². The van der Waals surface area contributed by atoms with Crippen molar-refractivity contribution in [3.05, 3.63) is 53.6 Å². The normalized spacial score (nSPS) is 24.1. The molecule has 1 saturated carbocycles. The topological polar surface area (TPSA) is 77.0 Å². The van der Waals surface area contributed by atoms with Crippen LogP contribution >= 0.6 is 0 Å². The number of nitrogens with one attached hydrogen (secondary N) is 1. The quantitative estimate of drug-likeness (QED) is 0.270.